The SMILES string of the molecule is O=C(NCc1ccc(F)cc1)C1=C[C@H](c2ccccc2)C[C@H](OCCCCO)O1. The molecule has 2 aromatic rings. The van der Waals surface area contributed by atoms with Gasteiger partial charge in [0.05, 0.1) is 6.61 Å². The average molecular weight is 399 g/mol. The Morgan fingerprint density at radius 1 is 1.14 bits per heavy atom. The maximum atomic E-state index is 13.0. The van der Waals surface area contributed by atoms with Gasteiger partial charge in [0, 0.05) is 25.5 Å². The molecule has 1 aliphatic heterocycles. The lowest BCUT2D eigenvalue weighted by Crippen LogP contribution is -2.32. The van der Waals surface area contributed by atoms with Crippen LogP contribution in [0.5, 0.6) is 0 Å². The van der Waals surface area contributed by atoms with Gasteiger partial charge in [-0.05, 0) is 42.2 Å². The van der Waals surface area contributed by atoms with Crippen LogP contribution in [0.4, 0.5) is 4.39 Å². The van der Waals surface area contributed by atoms with E-state index in [9.17, 15) is 9.18 Å². The minimum Gasteiger partial charge on any atom is -0.459 e. The number of carbonyl (C=O) groups is 1. The number of hydrogen-bond donors (Lipinski definition) is 2. The minimum absolute atomic E-state index is 0.000590. The van der Waals surface area contributed by atoms with Crippen LogP contribution in [0.2, 0.25) is 0 Å². The molecule has 0 saturated carbocycles. The van der Waals surface area contributed by atoms with Crippen LogP contribution >= 0.6 is 0 Å². The summed E-state index contributed by atoms with van der Waals surface area (Å²) in [6.07, 6.45) is 3.29. The molecule has 6 heteroatoms. The number of halogens is 1. The predicted octanol–water partition coefficient (Wildman–Crippen LogP) is 3.65. The van der Waals surface area contributed by atoms with Gasteiger partial charge in [0.2, 0.25) is 6.29 Å². The summed E-state index contributed by atoms with van der Waals surface area (Å²) in [6, 6.07) is 15.9. The van der Waals surface area contributed by atoms with E-state index in [0.29, 0.717) is 19.4 Å². The van der Waals surface area contributed by atoms with Gasteiger partial charge in [0.1, 0.15) is 5.82 Å². The van der Waals surface area contributed by atoms with E-state index in [-0.39, 0.29) is 36.6 Å². The topological polar surface area (TPSA) is 67.8 Å². The number of benzene rings is 2. The summed E-state index contributed by atoms with van der Waals surface area (Å²) in [5.41, 5.74) is 1.89. The van der Waals surface area contributed by atoms with Crippen LogP contribution in [-0.2, 0) is 20.8 Å². The lowest BCUT2D eigenvalue weighted by molar-refractivity contribution is -0.146. The molecular formula is C23H26FNO4. The zero-order valence-electron chi connectivity index (χ0n) is 16.2. The molecule has 3 rings (SSSR count). The molecule has 0 fully saturated rings. The van der Waals surface area contributed by atoms with Gasteiger partial charge >= 0.3 is 0 Å². The van der Waals surface area contributed by atoms with Gasteiger partial charge in [-0.2, -0.15) is 0 Å². The summed E-state index contributed by atoms with van der Waals surface area (Å²) in [6.45, 7) is 0.855. The molecule has 1 heterocycles. The summed E-state index contributed by atoms with van der Waals surface area (Å²) in [7, 11) is 0. The van der Waals surface area contributed by atoms with Crippen molar-refractivity contribution in [3.05, 3.63) is 83.4 Å². The largest absolute Gasteiger partial charge is 0.459 e. The molecule has 5 nitrogen and oxygen atoms in total. The van der Waals surface area contributed by atoms with Crippen molar-refractivity contribution in [2.24, 2.45) is 0 Å². The van der Waals surface area contributed by atoms with Crippen LogP contribution in [0, 0.1) is 5.82 Å². The first-order valence-electron chi connectivity index (χ1n) is 9.84. The molecule has 0 spiro atoms. The number of nitrogens with one attached hydrogen (secondary N) is 1. The summed E-state index contributed by atoms with van der Waals surface area (Å²) in [4.78, 5) is 12.7. The first kappa shape index (κ1) is 21.0. The third-order valence-corrected chi connectivity index (χ3v) is 4.73. The van der Waals surface area contributed by atoms with Gasteiger partial charge in [-0.25, -0.2) is 4.39 Å². The highest BCUT2D eigenvalue weighted by Crippen LogP contribution is 2.31. The number of hydrogen-bond acceptors (Lipinski definition) is 4. The van der Waals surface area contributed by atoms with E-state index >= 15 is 0 Å². The number of allylic oxidation sites excluding steroid dienone is 1. The Hall–Kier alpha value is -2.70. The van der Waals surface area contributed by atoms with E-state index in [1.165, 1.54) is 12.1 Å². The number of ether oxygens (including phenoxy) is 2. The molecule has 0 aliphatic carbocycles. The summed E-state index contributed by atoms with van der Waals surface area (Å²) >= 11 is 0. The normalized spacial score (nSPS) is 18.6. The maximum Gasteiger partial charge on any atom is 0.286 e. The fourth-order valence-electron chi connectivity index (χ4n) is 3.15. The fourth-order valence-corrected chi connectivity index (χ4v) is 3.15. The van der Waals surface area contributed by atoms with Crippen LogP contribution in [0.15, 0.2) is 66.4 Å². The van der Waals surface area contributed by atoms with Crippen LogP contribution in [0.1, 0.15) is 36.3 Å². The van der Waals surface area contributed by atoms with Crippen molar-refractivity contribution in [3.63, 3.8) is 0 Å². The highest BCUT2D eigenvalue weighted by molar-refractivity contribution is 5.91. The molecule has 1 aliphatic rings. The molecule has 29 heavy (non-hydrogen) atoms. The first-order chi connectivity index (χ1) is 14.2. The van der Waals surface area contributed by atoms with Crippen LogP contribution in [-0.4, -0.2) is 30.5 Å². The predicted molar refractivity (Wildman–Crippen MR) is 107 cm³/mol. The van der Waals surface area contributed by atoms with Crippen molar-refractivity contribution in [3.8, 4) is 0 Å². The van der Waals surface area contributed by atoms with Gasteiger partial charge in [-0.15, -0.1) is 0 Å². The third-order valence-electron chi connectivity index (χ3n) is 4.73. The van der Waals surface area contributed by atoms with E-state index in [4.69, 9.17) is 14.6 Å². The van der Waals surface area contributed by atoms with Crippen molar-refractivity contribution in [2.75, 3.05) is 13.2 Å². The first-order valence-corrected chi connectivity index (χ1v) is 9.84. The van der Waals surface area contributed by atoms with Gasteiger partial charge in [-0.3, -0.25) is 4.79 Å². The number of aliphatic hydroxyl groups is 1. The number of unbranched alkanes of at least 4 members (excludes halogenated alkanes) is 1. The molecule has 0 radical (unpaired) electrons. The molecule has 154 valence electrons. The molecule has 2 atom stereocenters. The zero-order chi connectivity index (χ0) is 20.5. The second-order valence-corrected chi connectivity index (χ2v) is 6.94. The number of aliphatic hydroxyl groups excluding tert-OH is 1. The summed E-state index contributed by atoms with van der Waals surface area (Å²) in [5, 5.41) is 11.7. The Morgan fingerprint density at radius 2 is 1.90 bits per heavy atom. The average Bonchev–Trinajstić information content (AvgIpc) is 2.76. The Balaban J connectivity index is 1.66. The van der Waals surface area contributed by atoms with Crippen molar-refractivity contribution in [2.45, 2.75) is 38.0 Å². The Kier molecular flexibility index (Phi) is 7.78. The number of carbonyl (C=O) groups excluding carboxylic acids is 1. The molecule has 0 saturated heterocycles. The lowest BCUT2D eigenvalue weighted by Gasteiger charge is -2.29. The maximum absolute atomic E-state index is 13.0. The molecule has 2 aromatic carbocycles. The van der Waals surface area contributed by atoms with E-state index in [0.717, 1.165) is 17.5 Å². The quantitative estimate of drug-likeness (QED) is 0.632. The van der Waals surface area contributed by atoms with Crippen molar-refractivity contribution < 1.29 is 23.8 Å². The van der Waals surface area contributed by atoms with Crippen LogP contribution in [0.25, 0.3) is 0 Å². The third kappa shape index (κ3) is 6.41. The Morgan fingerprint density at radius 3 is 2.62 bits per heavy atom. The standard InChI is InChI=1S/C23H26FNO4/c24-20-10-8-17(9-11-20)16-25-23(27)21-14-19(18-6-2-1-3-7-18)15-22(29-21)28-13-5-4-12-26/h1-3,6-11,14,19,22,26H,4-5,12-13,15-16H2,(H,25,27)/t19-,22+/m0/s1. The van der Waals surface area contributed by atoms with Crippen LogP contribution < -0.4 is 5.32 Å². The highest BCUT2D eigenvalue weighted by Gasteiger charge is 2.28. The molecule has 0 unspecified atom stereocenters. The van der Waals surface area contributed by atoms with Crippen molar-refractivity contribution in [1.82, 2.24) is 5.32 Å². The van der Waals surface area contributed by atoms with Gasteiger partial charge in [0.15, 0.2) is 5.76 Å². The van der Waals surface area contributed by atoms with Crippen molar-refractivity contribution >= 4 is 5.91 Å². The van der Waals surface area contributed by atoms with Gasteiger partial charge in [-0.1, -0.05) is 42.5 Å². The van der Waals surface area contributed by atoms with E-state index in [1.54, 1.807) is 12.1 Å². The number of rotatable bonds is 9. The molecule has 0 bridgehead atoms. The van der Waals surface area contributed by atoms with E-state index in [1.807, 2.05) is 36.4 Å². The molecule has 2 N–H and O–H groups in total. The van der Waals surface area contributed by atoms with E-state index in [2.05, 4.69) is 5.32 Å². The highest BCUT2D eigenvalue weighted by atomic mass is 19.1. The summed E-state index contributed by atoms with van der Waals surface area (Å²) in [5.74, 6) is -0.428. The summed E-state index contributed by atoms with van der Waals surface area (Å²) < 4.78 is 24.6. The molecular weight excluding hydrogens is 373 g/mol. The smallest absolute Gasteiger partial charge is 0.286 e. The van der Waals surface area contributed by atoms with Crippen LogP contribution in [0.3, 0.4) is 0 Å². The van der Waals surface area contributed by atoms with Gasteiger partial charge in [0.25, 0.3) is 5.91 Å². The second-order valence-electron chi connectivity index (χ2n) is 6.94. The number of amides is 1. The van der Waals surface area contributed by atoms with Crippen molar-refractivity contribution in [1.29, 1.82) is 0 Å². The Labute approximate surface area is 170 Å². The second kappa shape index (κ2) is 10.7. The Bertz CT molecular complexity index is 807. The van der Waals surface area contributed by atoms with Gasteiger partial charge < -0.3 is 19.9 Å². The molecule has 1 amide bonds. The monoisotopic (exact) mass is 399 g/mol. The molecule has 0 aromatic heterocycles. The lowest BCUT2D eigenvalue weighted by atomic mass is 9.93. The van der Waals surface area contributed by atoms with E-state index < -0.39 is 6.29 Å². The minimum atomic E-state index is -0.532. The zero-order valence-corrected chi connectivity index (χ0v) is 16.2. The fraction of sp³-hybridized carbons (Fsp3) is 0.348.